The van der Waals surface area contributed by atoms with Crippen molar-refractivity contribution in [3.63, 3.8) is 0 Å². The Balaban J connectivity index is 1.99. The van der Waals surface area contributed by atoms with E-state index in [9.17, 15) is 0 Å². The molecule has 0 bridgehead atoms. The number of benzene rings is 1. The van der Waals surface area contributed by atoms with Crippen molar-refractivity contribution in [1.29, 1.82) is 0 Å². The van der Waals surface area contributed by atoms with Crippen molar-refractivity contribution in [2.45, 2.75) is 19.1 Å². The molecule has 3 nitrogen and oxygen atoms in total. The van der Waals surface area contributed by atoms with Crippen molar-refractivity contribution >= 4 is 0 Å². The Labute approximate surface area is 90.8 Å². The molecule has 1 heterocycles. The molecule has 82 valence electrons. The van der Waals surface area contributed by atoms with Gasteiger partial charge in [-0.15, -0.1) is 0 Å². The maximum atomic E-state index is 5.82. The van der Waals surface area contributed by atoms with Crippen LogP contribution < -0.4 is 10.5 Å². The summed E-state index contributed by atoms with van der Waals surface area (Å²) in [7, 11) is 2.10. The summed E-state index contributed by atoms with van der Waals surface area (Å²) in [5, 5.41) is 0. The molecule has 2 N–H and O–H groups in total. The number of hydrogen-bond acceptors (Lipinski definition) is 3. The molecule has 0 spiro atoms. The Morgan fingerprint density at radius 2 is 2.20 bits per heavy atom. The fourth-order valence-corrected chi connectivity index (χ4v) is 1.78. The van der Waals surface area contributed by atoms with Gasteiger partial charge >= 0.3 is 0 Å². The molecule has 1 fully saturated rings. The molecule has 1 atom stereocenters. The summed E-state index contributed by atoms with van der Waals surface area (Å²) in [6.07, 6.45) is 0.346. The van der Waals surface area contributed by atoms with Gasteiger partial charge < -0.3 is 10.5 Å². The number of nitrogens with zero attached hydrogens (tertiary/aromatic N) is 1. The average Bonchev–Trinajstić information content (AvgIpc) is 2.16. The maximum Gasteiger partial charge on any atom is 0.124 e. The second kappa shape index (κ2) is 4.21. The largest absolute Gasteiger partial charge is 0.488 e. The van der Waals surface area contributed by atoms with Crippen LogP contribution in [-0.4, -0.2) is 31.1 Å². The predicted molar refractivity (Wildman–Crippen MR) is 61.0 cm³/mol. The van der Waals surface area contributed by atoms with Crippen LogP contribution in [0.15, 0.2) is 24.3 Å². The summed E-state index contributed by atoms with van der Waals surface area (Å²) in [5.74, 6) is 0.933. The van der Waals surface area contributed by atoms with E-state index >= 15 is 0 Å². The fraction of sp³-hybridized carbons (Fsp3) is 0.500. The van der Waals surface area contributed by atoms with Crippen LogP contribution in [-0.2, 0) is 0 Å². The molecule has 1 saturated heterocycles. The first-order chi connectivity index (χ1) is 7.15. The van der Waals surface area contributed by atoms with Crippen LogP contribution >= 0.6 is 0 Å². The highest BCUT2D eigenvalue weighted by atomic mass is 16.5. The molecule has 1 aliphatic heterocycles. The van der Waals surface area contributed by atoms with Crippen LogP contribution in [0.1, 0.15) is 18.5 Å². The first-order valence-electron chi connectivity index (χ1n) is 5.36. The van der Waals surface area contributed by atoms with Gasteiger partial charge in [-0.1, -0.05) is 12.1 Å². The summed E-state index contributed by atoms with van der Waals surface area (Å²) in [4.78, 5) is 2.24. The zero-order valence-electron chi connectivity index (χ0n) is 9.31. The smallest absolute Gasteiger partial charge is 0.124 e. The van der Waals surface area contributed by atoms with Gasteiger partial charge in [-0.25, -0.2) is 0 Å². The van der Waals surface area contributed by atoms with E-state index in [1.807, 2.05) is 31.2 Å². The lowest BCUT2D eigenvalue weighted by molar-refractivity contribution is 0.0388. The van der Waals surface area contributed by atoms with E-state index in [2.05, 4.69) is 11.9 Å². The molecule has 0 radical (unpaired) electrons. The van der Waals surface area contributed by atoms with Crippen LogP contribution in [0.5, 0.6) is 5.75 Å². The Kier molecular flexibility index (Phi) is 2.93. The molecule has 0 amide bonds. The van der Waals surface area contributed by atoms with E-state index < -0.39 is 0 Å². The van der Waals surface area contributed by atoms with Crippen molar-refractivity contribution in [3.8, 4) is 5.75 Å². The van der Waals surface area contributed by atoms with Gasteiger partial charge in [0.2, 0.25) is 0 Å². The van der Waals surface area contributed by atoms with Crippen molar-refractivity contribution in [1.82, 2.24) is 4.90 Å². The fourth-order valence-electron chi connectivity index (χ4n) is 1.78. The molecule has 2 rings (SSSR count). The van der Waals surface area contributed by atoms with Crippen LogP contribution in [0.3, 0.4) is 0 Å². The molecule has 0 aliphatic carbocycles. The molecule has 1 aromatic rings. The number of hydrogen-bond donors (Lipinski definition) is 1. The van der Waals surface area contributed by atoms with Crippen molar-refractivity contribution in [2.75, 3.05) is 20.1 Å². The van der Waals surface area contributed by atoms with Gasteiger partial charge in [0, 0.05) is 19.1 Å². The summed E-state index contributed by atoms with van der Waals surface area (Å²) >= 11 is 0. The van der Waals surface area contributed by atoms with Gasteiger partial charge in [0.25, 0.3) is 0 Å². The molecule has 0 saturated carbocycles. The molecule has 1 unspecified atom stereocenters. The molecule has 15 heavy (non-hydrogen) atoms. The lowest BCUT2D eigenvalue weighted by atomic mass is 10.1. The minimum absolute atomic E-state index is 0.0672. The van der Waals surface area contributed by atoms with E-state index in [-0.39, 0.29) is 6.04 Å². The number of rotatable bonds is 3. The van der Waals surface area contributed by atoms with Gasteiger partial charge in [-0.3, -0.25) is 4.90 Å². The molecule has 1 aliphatic rings. The van der Waals surface area contributed by atoms with E-state index in [4.69, 9.17) is 10.5 Å². The molecule has 0 aromatic heterocycles. The Morgan fingerprint density at radius 1 is 1.47 bits per heavy atom. The Hall–Kier alpha value is -1.06. The molecular formula is C12H18N2O. The minimum atomic E-state index is 0.0672. The van der Waals surface area contributed by atoms with Crippen LogP contribution in [0.25, 0.3) is 0 Å². The summed E-state index contributed by atoms with van der Waals surface area (Å²) < 4.78 is 5.81. The number of likely N-dealkylation sites (tertiary alicyclic amines) is 1. The van der Waals surface area contributed by atoms with Crippen LogP contribution in [0, 0.1) is 0 Å². The van der Waals surface area contributed by atoms with Gasteiger partial charge in [0.15, 0.2) is 0 Å². The second-order valence-electron chi connectivity index (χ2n) is 4.32. The Morgan fingerprint density at radius 3 is 2.80 bits per heavy atom. The summed E-state index contributed by atoms with van der Waals surface area (Å²) in [5.41, 5.74) is 6.94. The SMILES string of the molecule is CC(N)c1cccc(OC2CN(C)C2)c1. The lowest BCUT2D eigenvalue weighted by Crippen LogP contribution is -2.51. The zero-order valence-corrected chi connectivity index (χ0v) is 9.31. The van der Waals surface area contributed by atoms with Gasteiger partial charge in [-0.05, 0) is 31.7 Å². The minimum Gasteiger partial charge on any atom is -0.488 e. The van der Waals surface area contributed by atoms with E-state index in [1.165, 1.54) is 0 Å². The predicted octanol–water partition coefficient (Wildman–Crippen LogP) is 1.40. The average molecular weight is 206 g/mol. The first kappa shape index (κ1) is 10.5. The van der Waals surface area contributed by atoms with Gasteiger partial charge in [0.1, 0.15) is 11.9 Å². The molecular weight excluding hydrogens is 188 g/mol. The maximum absolute atomic E-state index is 5.82. The number of likely N-dealkylation sites (N-methyl/N-ethyl adjacent to an activating group) is 1. The standard InChI is InChI=1S/C12H18N2O/c1-9(13)10-4-3-5-11(6-10)15-12-7-14(2)8-12/h3-6,9,12H,7-8,13H2,1-2H3. The van der Waals surface area contributed by atoms with E-state index in [0.29, 0.717) is 6.10 Å². The van der Waals surface area contributed by atoms with Crippen molar-refractivity contribution in [2.24, 2.45) is 5.73 Å². The highest BCUT2D eigenvalue weighted by Crippen LogP contribution is 2.20. The van der Waals surface area contributed by atoms with Gasteiger partial charge in [0.05, 0.1) is 0 Å². The van der Waals surface area contributed by atoms with Crippen molar-refractivity contribution in [3.05, 3.63) is 29.8 Å². The van der Waals surface area contributed by atoms with Crippen LogP contribution in [0.2, 0.25) is 0 Å². The lowest BCUT2D eigenvalue weighted by Gasteiger charge is -2.36. The quantitative estimate of drug-likeness (QED) is 0.812. The topological polar surface area (TPSA) is 38.5 Å². The monoisotopic (exact) mass is 206 g/mol. The third-order valence-electron chi connectivity index (χ3n) is 2.72. The van der Waals surface area contributed by atoms with Crippen molar-refractivity contribution < 1.29 is 4.74 Å². The highest BCUT2D eigenvalue weighted by Gasteiger charge is 2.24. The number of nitrogens with two attached hydrogens (primary N) is 1. The first-order valence-corrected chi connectivity index (χ1v) is 5.36. The number of ether oxygens (including phenoxy) is 1. The summed E-state index contributed by atoms with van der Waals surface area (Å²) in [6.45, 7) is 4.01. The van der Waals surface area contributed by atoms with E-state index in [0.717, 1.165) is 24.4 Å². The normalized spacial score (nSPS) is 19.7. The highest BCUT2D eigenvalue weighted by molar-refractivity contribution is 5.30. The summed E-state index contributed by atoms with van der Waals surface area (Å²) in [6, 6.07) is 8.12. The third kappa shape index (κ3) is 2.49. The second-order valence-corrected chi connectivity index (χ2v) is 4.32. The van der Waals surface area contributed by atoms with E-state index in [1.54, 1.807) is 0 Å². The zero-order chi connectivity index (χ0) is 10.8. The third-order valence-corrected chi connectivity index (χ3v) is 2.72. The molecule has 3 heteroatoms. The van der Waals surface area contributed by atoms with Crippen LogP contribution in [0.4, 0.5) is 0 Å². The molecule has 1 aromatic carbocycles. The van der Waals surface area contributed by atoms with Gasteiger partial charge in [-0.2, -0.15) is 0 Å². The Bertz CT molecular complexity index is 332.